The maximum Gasteiger partial charge on any atom is 0.212 e. The Morgan fingerprint density at radius 1 is 1.06 bits per heavy atom. The van der Waals surface area contributed by atoms with Crippen molar-refractivity contribution in [2.45, 2.75) is 35.5 Å². The lowest BCUT2D eigenvalue weighted by Gasteiger charge is -2.39. The Bertz CT molecular complexity index is 1380. The molecule has 0 bridgehead atoms. The van der Waals surface area contributed by atoms with Gasteiger partial charge in [0.25, 0.3) is 0 Å². The summed E-state index contributed by atoms with van der Waals surface area (Å²) in [6.07, 6.45) is 11.4. The molecule has 1 spiro atoms. The molecule has 33 heavy (non-hydrogen) atoms. The van der Waals surface area contributed by atoms with E-state index in [0.29, 0.717) is 16.1 Å². The lowest BCUT2D eigenvalue weighted by Crippen LogP contribution is -2.41. The van der Waals surface area contributed by atoms with E-state index >= 15 is 0 Å². The zero-order chi connectivity index (χ0) is 22.4. The number of hydrogen-bond acceptors (Lipinski definition) is 8. The SMILES string of the molecule is N#Cc1nccc(Sc2cnc(N3CCC4(CC3)Cc3cccnc3C4)n3cnnc23)c1Cl. The van der Waals surface area contributed by atoms with Gasteiger partial charge in [-0.3, -0.25) is 4.98 Å². The van der Waals surface area contributed by atoms with Crippen molar-refractivity contribution in [1.29, 1.82) is 5.26 Å². The van der Waals surface area contributed by atoms with Gasteiger partial charge < -0.3 is 4.90 Å². The van der Waals surface area contributed by atoms with Crippen LogP contribution < -0.4 is 4.90 Å². The highest BCUT2D eigenvalue weighted by atomic mass is 35.5. The zero-order valence-corrected chi connectivity index (χ0v) is 19.2. The minimum Gasteiger partial charge on any atom is -0.342 e. The second kappa shape index (κ2) is 7.97. The second-order valence-corrected chi connectivity index (χ2v) is 10.0. The molecule has 1 aliphatic heterocycles. The Labute approximate surface area is 199 Å². The lowest BCUT2D eigenvalue weighted by atomic mass is 9.76. The third-order valence-electron chi connectivity index (χ3n) is 6.66. The van der Waals surface area contributed by atoms with E-state index in [-0.39, 0.29) is 5.69 Å². The van der Waals surface area contributed by atoms with Gasteiger partial charge in [0.15, 0.2) is 11.3 Å². The van der Waals surface area contributed by atoms with Crippen LogP contribution in [0.5, 0.6) is 0 Å². The Morgan fingerprint density at radius 2 is 1.94 bits per heavy atom. The van der Waals surface area contributed by atoms with Gasteiger partial charge in [0.2, 0.25) is 5.95 Å². The first-order chi connectivity index (χ1) is 16.2. The van der Waals surface area contributed by atoms with Crippen LogP contribution in [0.2, 0.25) is 5.02 Å². The number of nitriles is 1. The summed E-state index contributed by atoms with van der Waals surface area (Å²) in [5.74, 6) is 0.848. The molecule has 5 heterocycles. The lowest BCUT2D eigenvalue weighted by molar-refractivity contribution is 0.230. The first kappa shape index (κ1) is 20.4. The number of anilines is 1. The molecular weight excluding hydrogens is 456 g/mol. The molecular formula is C23H19ClN8S. The molecule has 4 aromatic rings. The van der Waals surface area contributed by atoms with Crippen molar-refractivity contribution in [2.24, 2.45) is 5.41 Å². The van der Waals surface area contributed by atoms with E-state index in [0.717, 1.165) is 54.5 Å². The van der Waals surface area contributed by atoms with E-state index in [9.17, 15) is 5.26 Å². The molecule has 0 saturated carbocycles. The molecule has 8 nitrogen and oxygen atoms in total. The number of rotatable bonds is 3. The largest absolute Gasteiger partial charge is 0.342 e. The van der Waals surface area contributed by atoms with Crippen molar-refractivity contribution in [1.82, 2.24) is 29.5 Å². The Balaban J connectivity index is 1.24. The van der Waals surface area contributed by atoms with Crippen LogP contribution in [0.25, 0.3) is 5.65 Å². The quantitative estimate of drug-likeness (QED) is 0.440. The molecule has 1 aliphatic carbocycles. The van der Waals surface area contributed by atoms with E-state index in [1.54, 1.807) is 18.6 Å². The van der Waals surface area contributed by atoms with Crippen LogP contribution in [0, 0.1) is 16.7 Å². The summed E-state index contributed by atoms with van der Waals surface area (Å²) < 4.78 is 1.94. The number of fused-ring (bicyclic) bond motifs is 2. The Morgan fingerprint density at radius 3 is 2.76 bits per heavy atom. The summed E-state index contributed by atoms with van der Waals surface area (Å²) in [5, 5.41) is 18.0. The summed E-state index contributed by atoms with van der Waals surface area (Å²) in [4.78, 5) is 17.3. The molecule has 6 rings (SSSR count). The van der Waals surface area contributed by atoms with Gasteiger partial charge in [-0.1, -0.05) is 29.4 Å². The van der Waals surface area contributed by atoms with Gasteiger partial charge in [-0.15, -0.1) is 10.2 Å². The van der Waals surface area contributed by atoms with Crippen LogP contribution in [0.4, 0.5) is 5.95 Å². The molecule has 0 atom stereocenters. The van der Waals surface area contributed by atoms with E-state index in [2.05, 4.69) is 31.1 Å². The van der Waals surface area contributed by atoms with Crippen LogP contribution in [-0.4, -0.2) is 42.6 Å². The third-order valence-corrected chi connectivity index (χ3v) is 8.22. The van der Waals surface area contributed by atoms with Crippen LogP contribution in [0.3, 0.4) is 0 Å². The fourth-order valence-corrected chi connectivity index (χ4v) is 6.10. The van der Waals surface area contributed by atoms with Crippen molar-refractivity contribution in [3.05, 3.63) is 65.1 Å². The van der Waals surface area contributed by atoms with Gasteiger partial charge in [0, 0.05) is 42.3 Å². The molecule has 164 valence electrons. The highest BCUT2D eigenvalue weighted by Gasteiger charge is 2.41. The average Bonchev–Trinajstić information content (AvgIpc) is 3.46. The number of halogens is 1. The predicted molar refractivity (Wildman–Crippen MR) is 124 cm³/mol. The average molecular weight is 475 g/mol. The third kappa shape index (κ3) is 3.50. The monoisotopic (exact) mass is 474 g/mol. The molecule has 0 aromatic carbocycles. The molecule has 1 fully saturated rings. The van der Waals surface area contributed by atoms with E-state index < -0.39 is 0 Å². The summed E-state index contributed by atoms with van der Waals surface area (Å²) in [5.41, 5.74) is 3.90. The molecule has 4 aromatic heterocycles. The molecule has 0 amide bonds. The fraction of sp³-hybridized carbons (Fsp3) is 0.304. The van der Waals surface area contributed by atoms with Crippen LogP contribution in [0.15, 0.2) is 52.9 Å². The summed E-state index contributed by atoms with van der Waals surface area (Å²) in [6, 6.07) is 8.06. The van der Waals surface area contributed by atoms with Crippen molar-refractivity contribution < 1.29 is 0 Å². The first-order valence-electron chi connectivity index (χ1n) is 10.7. The normalized spacial score (nSPS) is 16.8. The topological polar surface area (TPSA) is 95.9 Å². The van der Waals surface area contributed by atoms with Crippen LogP contribution in [0.1, 0.15) is 29.8 Å². The van der Waals surface area contributed by atoms with E-state index in [4.69, 9.17) is 16.6 Å². The van der Waals surface area contributed by atoms with E-state index in [1.807, 2.05) is 28.9 Å². The number of nitrogens with zero attached hydrogens (tertiary/aromatic N) is 8. The minimum absolute atomic E-state index is 0.204. The van der Waals surface area contributed by atoms with Gasteiger partial charge in [-0.05, 0) is 48.8 Å². The number of piperidine rings is 1. The maximum absolute atomic E-state index is 9.20. The Hall–Kier alpha value is -3.22. The first-order valence-corrected chi connectivity index (χ1v) is 11.9. The predicted octanol–water partition coefficient (Wildman–Crippen LogP) is 3.98. The zero-order valence-electron chi connectivity index (χ0n) is 17.6. The second-order valence-electron chi connectivity index (χ2n) is 8.58. The molecule has 0 unspecified atom stereocenters. The smallest absolute Gasteiger partial charge is 0.212 e. The van der Waals surface area contributed by atoms with Crippen molar-refractivity contribution in [3.8, 4) is 6.07 Å². The van der Waals surface area contributed by atoms with E-state index in [1.165, 1.54) is 23.0 Å². The van der Waals surface area contributed by atoms with Gasteiger partial charge in [-0.2, -0.15) is 5.26 Å². The number of hydrogen-bond donors (Lipinski definition) is 0. The summed E-state index contributed by atoms with van der Waals surface area (Å²) >= 11 is 7.76. The minimum atomic E-state index is 0.204. The van der Waals surface area contributed by atoms with Gasteiger partial charge in [0.1, 0.15) is 12.4 Å². The Kier molecular flexibility index (Phi) is 4.93. The molecule has 10 heteroatoms. The maximum atomic E-state index is 9.20. The van der Waals surface area contributed by atoms with Gasteiger partial charge >= 0.3 is 0 Å². The highest BCUT2D eigenvalue weighted by molar-refractivity contribution is 7.99. The van der Waals surface area contributed by atoms with Crippen molar-refractivity contribution >= 4 is 35.0 Å². The van der Waals surface area contributed by atoms with Crippen molar-refractivity contribution in [3.63, 3.8) is 0 Å². The van der Waals surface area contributed by atoms with Crippen LogP contribution >= 0.6 is 23.4 Å². The highest BCUT2D eigenvalue weighted by Crippen LogP contribution is 2.44. The number of aromatic nitrogens is 6. The fourth-order valence-electron chi connectivity index (χ4n) is 4.94. The summed E-state index contributed by atoms with van der Waals surface area (Å²) in [7, 11) is 0. The number of pyridine rings is 2. The molecule has 1 saturated heterocycles. The molecule has 0 N–H and O–H groups in total. The van der Waals surface area contributed by atoms with Gasteiger partial charge in [-0.25, -0.2) is 14.4 Å². The van der Waals surface area contributed by atoms with Crippen LogP contribution in [-0.2, 0) is 12.8 Å². The van der Waals surface area contributed by atoms with Gasteiger partial charge in [0.05, 0.1) is 9.92 Å². The van der Waals surface area contributed by atoms with Crippen molar-refractivity contribution in [2.75, 3.05) is 18.0 Å². The summed E-state index contributed by atoms with van der Waals surface area (Å²) in [6.45, 7) is 1.87. The standard InChI is InChI=1S/C23H19ClN8S/c24-20-17(12-25)27-7-3-18(20)33-19-13-28-22(32-14-29-30-21(19)32)31-8-4-23(5-9-31)10-15-2-1-6-26-16(15)11-23/h1-3,6-7,13-14H,4-5,8-11H2. The molecule has 0 radical (unpaired) electrons. The molecule has 2 aliphatic rings.